The lowest BCUT2D eigenvalue weighted by molar-refractivity contribution is 0.158. The SMILES string of the molecule is CN(C(=O)NCCCc1nc2ccccc2[nH]1)[C@H]1CCOC1. The molecule has 0 saturated carbocycles. The molecule has 1 saturated heterocycles. The molecular formula is C16H22N4O2. The Bertz CT molecular complexity index is 601. The van der Waals surface area contributed by atoms with Crippen LogP contribution in [0.4, 0.5) is 4.79 Å². The van der Waals surface area contributed by atoms with Gasteiger partial charge in [0.05, 0.1) is 23.7 Å². The van der Waals surface area contributed by atoms with Crippen LogP contribution in [-0.2, 0) is 11.2 Å². The van der Waals surface area contributed by atoms with Crippen molar-refractivity contribution in [1.29, 1.82) is 0 Å². The van der Waals surface area contributed by atoms with E-state index in [0.29, 0.717) is 13.2 Å². The number of fused-ring (bicyclic) bond motifs is 1. The molecule has 1 aromatic heterocycles. The van der Waals surface area contributed by atoms with E-state index in [2.05, 4.69) is 15.3 Å². The highest BCUT2D eigenvalue weighted by molar-refractivity contribution is 5.75. The number of carbonyl (C=O) groups excluding carboxylic acids is 1. The number of imidazole rings is 1. The summed E-state index contributed by atoms with van der Waals surface area (Å²) in [6.07, 6.45) is 2.61. The summed E-state index contributed by atoms with van der Waals surface area (Å²) < 4.78 is 5.31. The lowest BCUT2D eigenvalue weighted by Gasteiger charge is -2.23. The Balaban J connectivity index is 1.42. The fourth-order valence-electron chi connectivity index (χ4n) is 2.69. The van der Waals surface area contributed by atoms with Crippen molar-refractivity contribution >= 4 is 17.1 Å². The number of aromatic nitrogens is 2. The molecule has 1 aliphatic rings. The van der Waals surface area contributed by atoms with Crippen molar-refractivity contribution in [3.05, 3.63) is 30.1 Å². The molecule has 2 N–H and O–H groups in total. The molecule has 1 aliphatic heterocycles. The third-order valence-electron chi connectivity index (χ3n) is 4.08. The molecule has 2 heterocycles. The summed E-state index contributed by atoms with van der Waals surface area (Å²) in [7, 11) is 1.83. The zero-order chi connectivity index (χ0) is 15.4. The van der Waals surface area contributed by atoms with Crippen molar-refractivity contribution < 1.29 is 9.53 Å². The van der Waals surface area contributed by atoms with Gasteiger partial charge in [-0.1, -0.05) is 12.1 Å². The van der Waals surface area contributed by atoms with Crippen LogP contribution in [0.3, 0.4) is 0 Å². The number of likely N-dealkylation sites (N-methyl/N-ethyl adjacent to an activating group) is 1. The van der Waals surface area contributed by atoms with Gasteiger partial charge < -0.3 is 19.9 Å². The number of hydrogen-bond acceptors (Lipinski definition) is 3. The standard InChI is InChI=1S/C16H22N4O2/c1-20(12-8-10-22-11-12)16(21)17-9-4-7-15-18-13-5-2-3-6-14(13)19-15/h2-3,5-6,12H,4,7-11H2,1H3,(H,17,21)(H,18,19)/t12-/m0/s1. The van der Waals surface area contributed by atoms with Crippen molar-refractivity contribution in [2.75, 3.05) is 26.8 Å². The van der Waals surface area contributed by atoms with Gasteiger partial charge in [0.15, 0.2) is 0 Å². The molecule has 2 amide bonds. The van der Waals surface area contributed by atoms with Crippen molar-refractivity contribution in [2.45, 2.75) is 25.3 Å². The number of ether oxygens (including phenoxy) is 1. The molecule has 118 valence electrons. The Morgan fingerprint density at radius 3 is 3.14 bits per heavy atom. The highest BCUT2D eigenvalue weighted by Crippen LogP contribution is 2.12. The molecule has 1 fully saturated rings. The number of hydrogen-bond donors (Lipinski definition) is 2. The molecule has 0 radical (unpaired) electrons. The minimum atomic E-state index is -0.0277. The van der Waals surface area contributed by atoms with E-state index in [1.54, 1.807) is 4.90 Å². The van der Waals surface area contributed by atoms with Crippen LogP contribution in [0.25, 0.3) is 11.0 Å². The van der Waals surface area contributed by atoms with Crippen LogP contribution in [-0.4, -0.2) is 53.7 Å². The van der Waals surface area contributed by atoms with Gasteiger partial charge in [-0.2, -0.15) is 0 Å². The van der Waals surface area contributed by atoms with Gasteiger partial charge in [0.2, 0.25) is 0 Å². The number of urea groups is 1. The summed E-state index contributed by atoms with van der Waals surface area (Å²) in [5.41, 5.74) is 2.05. The summed E-state index contributed by atoms with van der Waals surface area (Å²) in [5, 5.41) is 2.95. The van der Waals surface area contributed by atoms with Crippen molar-refractivity contribution in [3.63, 3.8) is 0 Å². The number of amides is 2. The summed E-state index contributed by atoms with van der Waals surface area (Å²) in [6, 6.07) is 8.17. The number of aromatic amines is 1. The first kappa shape index (κ1) is 14.8. The fourth-order valence-corrected chi connectivity index (χ4v) is 2.69. The van der Waals surface area contributed by atoms with Crippen LogP contribution < -0.4 is 5.32 Å². The lowest BCUT2D eigenvalue weighted by atomic mass is 10.2. The fraction of sp³-hybridized carbons (Fsp3) is 0.500. The van der Waals surface area contributed by atoms with Crippen LogP contribution in [0.15, 0.2) is 24.3 Å². The molecule has 1 atom stereocenters. The summed E-state index contributed by atoms with van der Waals surface area (Å²) in [5.74, 6) is 0.966. The van der Waals surface area contributed by atoms with E-state index in [-0.39, 0.29) is 12.1 Å². The van der Waals surface area contributed by atoms with Gasteiger partial charge in [-0.25, -0.2) is 9.78 Å². The first-order valence-corrected chi connectivity index (χ1v) is 7.76. The second-order valence-corrected chi connectivity index (χ2v) is 5.66. The van der Waals surface area contributed by atoms with E-state index in [0.717, 1.165) is 42.7 Å². The molecule has 0 unspecified atom stereocenters. The molecular weight excluding hydrogens is 280 g/mol. The van der Waals surface area contributed by atoms with E-state index >= 15 is 0 Å². The molecule has 3 rings (SSSR count). The van der Waals surface area contributed by atoms with Crippen LogP contribution in [0.5, 0.6) is 0 Å². The third kappa shape index (κ3) is 3.39. The topological polar surface area (TPSA) is 70.2 Å². The first-order valence-electron chi connectivity index (χ1n) is 7.76. The highest BCUT2D eigenvalue weighted by Gasteiger charge is 2.23. The van der Waals surface area contributed by atoms with Gasteiger partial charge >= 0.3 is 6.03 Å². The number of aryl methyl sites for hydroxylation is 1. The quantitative estimate of drug-likeness (QED) is 0.829. The Morgan fingerprint density at radius 2 is 2.36 bits per heavy atom. The number of carbonyl (C=O) groups is 1. The number of nitrogens with zero attached hydrogens (tertiary/aromatic N) is 2. The minimum Gasteiger partial charge on any atom is -0.379 e. The lowest BCUT2D eigenvalue weighted by Crippen LogP contribution is -2.44. The van der Waals surface area contributed by atoms with Crippen LogP contribution in [0.1, 0.15) is 18.7 Å². The van der Waals surface area contributed by atoms with Crippen LogP contribution in [0, 0.1) is 0 Å². The average Bonchev–Trinajstić information content (AvgIpc) is 3.19. The Hall–Kier alpha value is -2.08. The largest absolute Gasteiger partial charge is 0.379 e. The van der Waals surface area contributed by atoms with E-state index in [9.17, 15) is 4.79 Å². The summed E-state index contributed by atoms with van der Waals surface area (Å²) in [4.78, 5) is 21.6. The summed E-state index contributed by atoms with van der Waals surface area (Å²) >= 11 is 0. The highest BCUT2D eigenvalue weighted by atomic mass is 16.5. The second-order valence-electron chi connectivity index (χ2n) is 5.66. The monoisotopic (exact) mass is 302 g/mol. The molecule has 0 aliphatic carbocycles. The predicted molar refractivity (Wildman–Crippen MR) is 84.8 cm³/mol. The van der Waals surface area contributed by atoms with Crippen molar-refractivity contribution in [1.82, 2.24) is 20.2 Å². The zero-order valence-electron chi connectivity index (χ0n) is 12.8. The van der Waals surface area contributed by atoms with Crippen LogP contribution >= 0.6 is 0 Å². The van der Waals surface area contributed by atoms with Gasteiger partial charge in [-0.05, 0) is 25.0 Å². The number of benzene rings is 1. The number of H-pyrrole nitrogens is 1. The molecule has 22 heavy (non-hydrogen) atoms. The molecule has 6 heteroatoms. The molecule has 0 spiro atoms. The Kier molecular flexibility index (Phi) is 4.58. The first-order chi connectivity index (χ1) is 10.7. The zero-order valence-corrected chi connectivity index (χ0v) is 12.8. The van der Waals surface area contributed by atoms with E-state index < -0.39 is 0 Å². The Morgan fingerprint density at radius 1 is 1.50 bits per heavy atom. The second kappa shape index (κ2) is 6.79. The molecule has 2 aromatic rings. The van der Waals surface area contributed by atoms with E-state index in [1.165, 1.54) is 0 Å². The average molecular weight is 302 g/mol. The summed E-state index contributed by atoms with van der Waals surface area (Å²) in [6.45, 7) is 2.03. The maximum Gasteiger partial charge on any atom is 0.317 e. The normalized spacial score (nSPS) is 17.8. The third-order valence-corrected chi connectivity index (χ3v) is 4.08. The van der Waals surface area contributed by atoms with Gasteiger partial charge in [0, 0.05) is 26.6 Å². The molecule has 1 aromatic carbocycles. The van der Waals surface area contributed by atoms with Crippen LogP contribution in [0.2, 0.25) is 0 Å². The van der Waals surface area contributed by atoms with Gasteiger partial charge in [0.1, 0.15) is 5.82 Å². The maximum absolute atomic E-state index is 12.0. The van der Waals surface area contributed by atoms with Gasteiger partial charge in [0.25, 0.3) is 0 Å². The molecule has 0 bridgehead atoms. The van der Waals surface area contributed by atoms with E-state index in [4.69, 9.17) is 4.74 Å². The van der Waals surface area contributed by atoms with Crippen molar-refractivity contribution in [3.8, 4) is 0 Å². The van der Waals surface area contributed by atoms with Crippen molar-refractivity contribution in [2.24, 2.45) is 0 Å². The number of para-hydroxylation sites is 2. The number of rotatable bonds is 5. The van der Waals surface area contributed by atoms with Gasteiger partial charge in [-0.3, -0.25) is 0 Å². The van der Waals surface area contributed by atoms with E-state index in [1.807, 2.05) is 31.3 Å². The predicted octanol–water partition coefficient (Wildman–Crippen LogP) is 1.93. The van der Waals surface area contributed by atoms with Gasteiger partial charge in [-0.15, -0.1) is 0 Å². The maximum atomic E-state index is 12.0. The Labute approximate surface area is 129 Å². The minimum absolute atomic E-state index is 0.0277. The number of nitrogens with one attached hydrogen (secondary N) is 2. The smallest absolute Gasteiger partial charge is 0.317 e. The molecule has 6 nitrogen and oxygen atoms in total.